The average Bonchev–Trinajstić information content (AvgIpc) is 2.33. The van der Waals surface area contributed by atoms with Gasteiger partial charge >= 0.3 is 5.69 Å². The molecule has 1 aromatic rings. The van der Waals surface area contributed by atoms with Crippen LogP contribution >= 0.6 is 26.6 Å². The van der Waals surface area contributed by atoms with Crippen LogP contribution in [-0.4, -0.2) is 38.9 Å². The van der Waals surface area contributed by atoms with Crippen LogP contribution in [0.1, 0.15) is 0 Å². The Bertz CT molecular complexity index is 579. The molecule has 0 spiro atoms. The van der Waals surface area contributed by atoms with E-state index in [1.54, 1.807) is 6.07 Å². The van der Waals surface area contributed by atoms with Crippen molar-refractivity contribution >= 4 is 41.4 Å². The molecule has 0 atom stereocenters. The van der Waals surface area contributed by atoms with Crippen LogP contribution in [0.3, 0.4) is 0 Å². The highest BCUT2D eigenvalue weighted by atomic mass is 79.9. The first-order valence-electron chi connectivity index (χ1n) is 5.36. The van der Waals surface area contributed by atoms with Crippen LogP contribution in [0, 0.1) is 10.1 Å². The molecule has 112 valence electrons. The van der Waals surface area contributed by atoms with Crippen LogP contribution in [0.25, 0.3) is 0 Å². The number of benzene rings is 1. The Morgan fingerprint density at radius 3 is 2.60 bits per heavy atom. The number of halogens is 2. The lowest BCUT2D eigenvalue weighted by Gasteiger charge is -2.07. The number of nitro groups is 1. The van der Waals surface area contributed by atoms with E-state index in [0.29, 0.717) is 4.47 Å². The van der Waals surface area contributed by atoms with E-state index < -0.39 is 14.0 Å². The number of nitro benzene ring substituents is 1. The van der Waals surface area contributed by atoms with E-state index in [9.17, 15) is 18.5 Å². The Morgan fingerprint density at radius 2 is 2.00 bits per heavy atom. The van der Waals surface area contributed by atoms with Crippen LogP contribution in [-0.2, 0) is 13.8 Å². The van der Waals surface area contributed by atoms with E-state index in [2.05, 4.69) is 15.9 Å². The first-order valence-corrected chi connectivity index (χ1v) is 8.63. The summed E-state index contributed by atoms with van der Waals surface area (Å²) in [6.45, 7) is 0.0993. The van der Waals surface area contributed by atoms with Crippen molar-refractivity contribution in [3.63, 3.8) is 0 Å². The second-order valence-corrected chi connectivity index (χ2v) is 7.39. The Kier molecular flexibility index (Phi) is 6.66. The summed E-state index contributed by atoms with van der Waals surface area (Å²) < 4.78 is 32.0. The molecule has 0 amide bonds. The van der Waals surface area contributed by atoms with Crippen molar-refractivity contribution in [1.82, 2.24) is 0 Å². The molecule has 1 aromatic carbocycles. The monoisotopic (exact) mass is 387 g/mol. The van der Waals surface area contributed by atoms with Gasteiger partial charge in [0.25, 0.3) is 0 Å². The van der Waals surface area contributed by atoms with Gasteiger partial charge in [-0.15, -0.1) is 0 Å². The molecule has 0 N–H and O–H groups in total. The van der Waals surface area contributed by atoms with Gasteiger partial charge < -0.3 is 9.47 Å². The maximum Gasteiger partial charge on any atom is 0.312 e. The van der Waals surface area contributed by atoms with E-state index in [-0.39, 0.29) is 37.0 Å². The Labute approximate surface area is 128 Å². The summed E-state index contributed by atoms with van der Waals surface area (Å²) in [7, 11) is 1.42. The molecule has 0 aromatic heterocycles. The molecule has 0 saturated carbocycles. The fourth-order valence-corrected chi connectivity index (χ4v) is 2.08. The average molecular weight is 389 g/mol. The van der Waals surface area contributed by atoms with Crippen LogP contribution in [0.15, 0.2) is 22.7 Å². The number of nitrogens with zero attached hydrogens (tertiary/aromatic N) is 1. The van der Waals surface area contributed by atoms with Crippen LogP contribution in [0.4, 0.5) is 5.69 Å². The first-order chi connectivity index (χ1) is 9.29. The van der Waals surface area contributed by atoms with Crippen LogP contribution < -0.4 is 4.74 Å². The maximum atomic E-state index is 10.8. The predicted octanol–water partition coefficient (Wildman–Crippen LogP) is 2.32. The summed E-state index contributed by atoms with van der Waals surface area (Å²) >= 11 is 3.13. The molecule has 0 saturated heterocycles. The van der Waals surface area contributed by atoms with Gasteiger partial charge in [0.05, 0.1) is 23.9 Å². The van der Waals surface area contributed by atoms with Crippen molar-refractivity contribution in [2.24, 2.45) is 0 Å². The Morgan fingerprint density at radius 1 is 1.30 bits per heavy atom. The van der Waals surface area contributed by atoms with Gasteiger partial charge in [0.2, 0.25) is 9.05 Å². The molecule has 10 heteroatoms. The van der Waals surface area contributed by atoms with Gasteiger partial charge in [-0.25, -0.2) is 8.42 Å². The molecule has 7 nitrogen and oxygen atoms in total. The minimum absolute atomic E-state index is 0.0579. The molecule has 0 aliphatic rings. The van der Waals surface area contributed by atoms with E-state index in [4.69, 9.17) is 20.2 Å². The molecule has 1 rings (SSSR count). The second kappa shape index (κ2) is 7.77. The van der Waals surface area contributed by atoms with E-state index in [1.807, 2.05) is 0 Å². The van der Waals surface area contributed by atoms with Gasteiger partial charge in [0.1, 0.15) is 6.61 Å². The third kappa shape index (κ3) is 6.51. The third-order valence-corrected chi connectivity index (χ3v) is 3.68. The smallest absolute Gasteiger partial charge is 0.312 e. The maximum absolute atomic E-state index is 10.8. The summed E-state index contributed by atoms with van der Waals surface area (Å²) in [4.78, 5) is 10.3. The summed E-state index contributed by atoms with van der Waals surface area (Å²) in [6, 6.07) is 4.41. The fourth-order valence-electron chi connectivity index (χ4n) is 1.23. The van der Waals surface area contributed by atoms with E-state index in [1.165, 1.54) is 12.1 Å². The molecule has 0 aliphatic heterocycles. The SMILES string of the molecule is O=[N+]([O-])c1cc(Br)ccc1OCCOCCS(=O)(=O)Cl. The lowest BCUT2D eigenvalue weighted by atomic mass is 10.3. The minimum Gasteiger partial charge on any atom is -0.484 e. The molecule has 0 fully saturated rings. The lowest BCUT2D eigenvalue weighted by Crippen LogP contribution is -2.12. The minimum atomic E-state index is -3.57. The molecule has 0 aliphatic carbocycles. The molecular weight excluding hydrogens is 378 g/mol. The number of hydrogen-bond donors (Lipinski definition) is 0. The molecule has 0 bridgehead atoms. The van der Waals surface area contributed by atoms with Gasteiger partial charge in [0, 0.05) is 21.2 Å². The zero-order chi connectivity index (χ0) is 15.2. The lowest BCUT2D eigenvalue weighted by molar-refractivity contribution is -0.386. The molecule has 20 heavy (non-hydrogen) atoms. The standard InChI is InChI=1S/C10H11BrClNO6S/c11-8-1-2-10(9(7-8)13(14)15)19-4-3-18-5-6-20(12,16)17/h1-2,7H,3-6H2. The van der Waals surface area contributed by atoms with Gasteiger partial charge in [-0.3, -0.25) is 10.1 Å². The van der Waals surface area contributed by atoms with Crippen LogP contribution in [0.5, 0.6) is 5.75 Å². The second-order valence-electron chi connectivity index (χ2n) is 3.57. The highest BCUT2D eigenvalue weighted by Crippen LogP contribution is 2.29. The predicted molar refractivity (Wildman–Crippen MR) is 76.8 cm³/mol. The fraction of sp³-hybridized carbons (Fsp3) is 0.400. The van der Waals surface area contributed by atoms with Crippen molar-refractivity contribution in [1.29, 1.82) is 0 Å². The van der Waals surface area contributed by atoms with Crippen LogP contribution in [0.2, 0.25) is 0 Å². The zero-order valence-electron chi connectivity index (χ0n) is 10.1. The van der Waals surface area contributed by atoms with Crippen molar-refractivity contribution in [3.05, 3.63) is 32.8 Å². The van der Waals surface area contributed by atoms with E-state index >= 15 is 0 Å². The topological polar surface area (TPSA) is 95.7 Å². The number of ether oxygens (including phenoxy) is 2. The van der Waals surface area contributed by atoms with Gasteiger partial charge in [-0.05, 0) is 12.1 Å². The molecular formula is C10H11BrClNO6S. The number of hydrogen-bond acceptors (Lipinski definition) is 6. The Balaban J connectivity index is 2.41. The largest absolute Gasteiger partial charge is 0.484 e. The molecule has 0 radical (unpaired) electrons. The zero-order valence-corrected chi connectivity index (χ0v) is 13.3. The molecule has 0 unspecified atom stereocenters. The normalized spacial score (nSPS) is 11.3. The summed E-state index contributed by atoms with van der Waals surface area (Å²) in [5.74, 6) is -0.181. The quantitative estimate of drug-likeness (QED) is 0.293. The highest BCUT2D eigenvalue weighted by molar-refractivity contribution is 9.10. The summed E-state index contributed by atoms with van der Waals surface area (Å²) in [5, 5.41) is 10.8. The third-order valence-electron chi connectivity index (χ3n) is 2.07. The Hall–Kier alpha value is -0.900. The summed E-state index contributed by atoms with van der Waals surface area (Å²) in [5.41, 5.74) is -0.164. The van der Waals surface area contributed by atoms with Crippen molar-refractivity contribution in [3.8, 4) is 5.75 Å². The van der Waals surface area contributed by atoms with Gasteiger partial charge in [-0.2, -0.15) is 0 Å². The molecule has 0 heterocycles. The number of rotatable bonds is 8. The van der Waals surface area contributed by atoms with E-state index in [0.717, 1.165) is 0 Å². The van der Waals surface area contributed by atoms with Gasteiger partial charge in [0.15, 0.2) is 5.75 Å². The highest BCUT2D eigenvalue weighted by Gasteiger charge is 2.15. The van der Waals surface area contributed by atoms with Crippen molar-refractivity contribution < 1.29 is 22.8 Å². The van der Waals surface area contributed by atoms with Crippen molar-refractivity contribution in [2.75, 3.05) is 25.6 Å². The summed E-state index contributed by atoms with van der Waals surface area (Å²) in [6.07, 6.45) is 0. The van der Waals surface area contributed by atoms with Gasteiger partial charge in [-0.1, -0.05) is 15.9 Å². The first kappa shape index (κ1) is 17.2. The van der Waals surface area contributed by atoms with Crippen molar-refractivity contribution in [2.45, 2.75) is 0 Å².